The third-order valence-corrected chi connectivity index (χ3v) is 3.86. The summed E-state index contributed by atoms with van der Waals surface area (Å²) >= 11 is 0. The minimum absolute atomic E-state index is 0.830. The molecule has 21 heavy (non-hydrogen) atoms. The van der Waals surface area contributed by atoms with Crippen LogP contribution in [-0.4, -0.2) is 6.61 Å². The molecule has 0 aromatic heterocycles. The lowest BCUT2D eigenvalue weighted by Crippen LogP contribution is -1.97. The minimum Gasteiger partial charge on any atom is -0.494 e. The summed E-state index contributed by atoms with van der Waals surface area (Å²) in [5, 5.41) is 0. The Balaban J connectivity index is 1.91. The Morgan fingerprint density at radius 2 is 1.52 bits per heavy atom. The van der Waals surface area contributed by atoms with Crippen LogP contribution in [0.15, 0.2) is 30.8 Å². The molecule has 0 spiro atoms. The second-order valence-electron chi connectivity index (χ2n) is 5.81. The summed E-state index contributed by atoms with van der Waals surface area (Å²) in [6.45, 7) is 6.88. The first-order valence-corrected chi connectivity index (χ1v) is 8.72. The molecule has 0 atom stereocenters. The van der Waals surface area contributed by atoms with E-state index < -0.39 is 0 Å². The summed E-state index contributed by atoms with van der Waals surface area (Å²) < 4.78 is 5.77. The molecular weight excluding hydrogens is 256 g/mol. The van der Waals surface area contributed by atoms with Crippen molar-refractivity contribution in [2.45, 2.75) is 71.1 Å². The van der Waals surface area contributed by atoms with Gasteiger partial charge in [-0.05, 0) is 24.1 Å². The largest absolute Gasteiger partial charge is 0.494 e. The highest BCUT2D eigenvalue weighted by Crippen LogP contribution is 2.15. The molecule has 0 heterocycles. The summed E-state index contributed by atoms with van der Waals surface area (Å²) in [5.74, 6) is 0.961. The van der Waals surface area contributed by atoms with E-state index in [0.29, 0.717) is 0 Å². The van der Waals surface area contributed by atoms with Gasteiger partial charge in [0.15, 0.2) is 0 Å². The molecule has 0 N–H and O–H groups in total. The molecule has 0 unspecified atom stereocenters. The van der Waals surface area contributed by atoms with Crippen LogP contribution in [0.4, 0.5) is 0 Å². The van der Waals surface area contributed by atoms with Gasteiger partial charge < -0.3 is 4.74 Å². The van der Waals surface area contributed by atoms with Crippen molar-refractivity contribution >= 4 is 6.08 Å². The van der Waals surface area contributed by atoms with Crippen molar-refractivity contribution in [1.29, 1.82) is 0 Å². The monoisotopic (exact) mass is 288 g/mol. The van der Waals surface area contributed by atoms with E-state index in [-0.39, 0.29) is 0 Å². The molecule has 0 fully saturated rings. The number of hydrogen-bond donors (Lipinski definition) is 0. The summed E-state index contributed by atoms with van der Waals surface area (Å²) in [5.41, 5.74) is 1.12. The lowest BCUT2D eigenvalue weighted by molar-refractivity contribution is 0.304. The fourth-order valence-electron chi connectivity index (χ4n) is 2.51. The predicted octanol–water partition coefficient (Wildman–Crippen LogP) is 6.63. The molecule has 0 saturated carbocycles. The van der Waals surface area contributed by atoms with E-state index in [1.54, 1.807) is 0 Å². The lowest BCUT2D eigenvalue weighted by Gasteiger charge is -2.07. The smallest absolute Gasteiger partial charge is 0.119 e. The molecule has 1 nitrogen and oxygen atoms in total. The zero-order valence-corrected chi connectivity index (χ0v) is 13.8. The molecule has 118 valence electrons. The lowest BCUT2D eigenvalue weighted by atomic mass is 10.1. The summed E-state index contributed by atoms with van der Waals surface area (Å²) in [7, 11) is 0. The van der Waals surface area contributed by atoms with Gasteiger partial charge in [-0.1, -0.05) is 89.5 Å². The van der Waals surface area contributed by atoms with E-state index >= 15 is 0 Å². The average molecular weight is 288 g/mol. The molecular formula is C20H32O. The number of rotatable bonds is 13. The first-order chi connectivity index (χ1) is 10.4. The highest BCUT2D eigenvalue weighted by Gasteiger charge is 1.96. The fraction of sp³-hybridized carbons (Fsp3) is 0.600. The van der Waals surface area contributed by atoms with E-state index in [4.69, 9.17) is 4.74 Å². The third kappa shape index (κ3) is 9.33. The third-order valence-electron chi connectivity index (χ3n) is 3.86. The van der Waals surface area contributed by atoms with Crippen molar-refractivity contribution < 1.29 is 4.74 Å². The average Bonchev–Trinajstić information content (AvgIpc) is 2.53. The standard InChI is InChI=1S/C20H32O/c1-3-5-6-7-8-9-10-11-12-13-17-21-20-16-14-15-19(4-2)18-20/h4,14-16,18H,2-3,5-13,17H2,1H3. The van der Waals surface area contributed by atoms with Crippen LogP contribution < -0.4 is 4.74 Å². The maximum absolute atomic E-state index is 5.77. The van der Waals surface area contributed by atoms with E-state index in [0.717, 1.165) is 24.3 Å². The molecule has 1 aromatic rings. The van der Waals surface area contributed by atoms with Gasteiger partial charge in [0.2, 0.25) is 0 Å². The van der Waals surface area contributed by atoms with Crippen molar-refractivity contribution in [1.82, 2.24) is 0 Å². The number of unbranched alkanes of at least 4 members (excludes halogenated alkanes) is 9. The van der Waals surface area contributed by atoms with Crippen molar-refractivity contribution in [2.75, 3.05) is 6.61 Å². The van der Waals surface area contributed by atoms with E-state index in [1.165, 1.54) is 57.8 Å². The number of hydrogen-bond acceptors (Lipinski definition) is 1. The van der Waals surface area contributed by atoms with Crippen LogP contribution in [-0.2, 0) is 0 Å². The Morgan fingerprint density at radius 3 is 2.14 bits per heavy atom. The molecule has 0 aliphatic heterocycles. The van der Waals surface area contributed by atoms with Gasteiger partial charge in [0.05, 0.1) is 6.61 Å². The Morgan fingerprint density at radius 1 is 0.905 bits per heavy atom. The molecule has 0 radical (unpaired) electrons. The first-order valence-electron chi connectivity index (χ1n) is 8.72. The van der Waals surface area contributed by atoms with Gasteiger partial charge in [0.25, 0.3) is 0 Å². The van der Waals surface area contributed by atoms with Crippen LogP contribution in [0.5, 0.6) is 5.75 Å². The van der Waals surface area contributed by atoms with Gasteiger partial charge in [-0.2, -0.15) is 0 Å². The van der Waals surface area contributed by atoms with Crippen LogP contribution in [0.2, 0.25) is 0 Å². The van der Waals surface area contributed by atoms with Crippen LogP contribution in [0.25, 0.3) is 6.08 Å². The van der Waals surface area contributed by atoms with Gasteiger partial charge >= 0.3 is 0 Å². The van der Waals surface area contributed by atoms with Crippen LogP contribution in [0.3, 0.4) is 0 Å². The van der Waals surface area contributed by atoms with Crippen molar-refractivity contribution in [3.8, 4) is 5.75 Å². The van der Waals surface area contributed by atoms with E-state index in [9.17, 15) is 0 Å². The van der Waals surface area contributed by atoms with E-state index in [1.807, 2.05) is 30.3 Å². The molecule has 0 saturated heterocycles. The molecule has 0 aliphatic carbocycles. The van der Waals surface area contributed by atoms with Crippen molar-refractivity contribution in [2.24, 2.45) is 0 Å². The van der Waals surface area contributed by atoms with Gasteiger partial charge in [0, 0.05) is 0 Å². The number of benzene rings is 1. The highest BCUT2D eigenvalue weighted by molar-refractivity contribution is 5.49. The van der Waals surface area contributed by atoms with Crippen LogP contribution in [0, 0.1) is 0 Å². The quantitative estimate of drug-likeness (QED) is 0.370. The van der Waals surface area contributed by atoms with Gasteiger partial charge in [-0.15, -0.1) is 0 Å². The Kier molecular flexibility index (Phi) is 10.6. The second kappa shape index (κ2) is 12.5. The molecule has 0 aliphatic rings. The maximum atomic E-state index is 5.77. The zero-order chi connectivity index (χ0) is 15.2. The predicted molar refractivity (Wildman–Crippen MR) is 93.9 cm³/mol. The number of ether oxygens (including phenoxy) is 1. The highest BCUT2D eigenvalue weighted by atomic mass is 16.5. The zero-order valence-electron chi connectivity index (χ0n) is 13.8. The van der Waals surface area contributed by atoms with Crippen LogP contribution in [0.1, 0.15) is 76.7 Å². The molecule has 1 heteroatoms. The molecule has 1 aromatic carbocycles. The first kappa shape index (κ1) is 17.8. The molecule has 0 bridgehead atoms. The Hall–Kier alpha value is -1.24. The van der Waals surface area contributed by atoms with Gasteiger partial charge in [-0.25, -0.2) is 0 Å². The summed E-state index contributed by atoms with van der Waals surface area (Å²) in [4.78, 5) is 0. The van der Waals surface area contributed by atoms with Crippen molar-refractivity contribution in [3.05, 3.63) is 36.4 Å². The normalized spacial score (nSPS) is 10.5. The van der Waals surface area contributed by atoms with E-state index in [2.05, 4.69) is 13.5 Å². The Bertz CT molecular complexity index is 370. The SMILES string of the molecule is C=Cc1cccc(OCCCCCCCCCCCC)c1. The maximum Gasteiger partial charge on any atom is 0.119 e. The van der Waals surface area contributed by atoms with Gasteiger partial charge in [0.1, 0.15) is 5.75 Å². The second-order valence-corrected chi connectivity index (χ2v) is 5.81. The Labute approximate surface area is 131 Å². The van der Waals surface area contributed by atoms with Crippen LogP contribution >= 0.6 is 0 Å². The van der Waals surface area contributed by atoms with Gasteiger partial charge in [-0.3, -0.25) is 0 Å². The fourth-order valence-corrected chi connectivity index (χ4v) is 2.51. The topological polar surface area (TPSA) is 9.23 Å². The van der Waals surface area contributed by atoms with Crippen molar-refractivity contribution in [3.63, 3.8) is 0 Å². The minimum atomic E-state index is 0.830. The summed E-state index contributed by atoms with van der Waals surface area (Å²) in [6.07, 6.45) is 15.5. The summed E-state index contributed by atoms with van der Waals surface area (Å²) in [6, 6.07) is 8.12. The molecule has 0 amide bonds. The molecule has 1 rings (SSSR count).